The van der Waals surface area contributed by atoms with Gasteiger partial charge < -0.3 is 5.11 Å². The highest BCUT2D eigenvalue weighted by atomic mass is 32.2. The van der Waals surface area contributed by atoms with Crippen molar-refractivity contribution in [3.05, 3.63) is 42.2 Å². The summed E-state index contributed by atoms with van der Waals surface area (Å²) in [7, 11) is -1.74. The lowest BCUT2D eigenvalue weighted by Crippen LogP contribution is -2.37. The second-order valence-electron chi connectivity index (χ2n) is 5.62. The Balaban J connectivity index is 1.70. The molecule has 0 aliphatic carbocycles. The summed E-state index contributed by atoms with van der Waals surface area (Å²) in [5.74, 6) is 0.585. The molecule has 2 heterocycles. The number of phenolic OH excluding ortho intramolecular Hbond substituents is 1. The lowest BCUT2D eigenvalue weighted by Gasteiger charge is -2.31. The van der Waals surface area contributed by atoms with Crippen LogP contribution in [0.5, 0.6) is 5.75 Å². The first-order valence-corrected chi connectivity index (χ1v) is 8.68. The van der Waals surface area contributed by atoms with E-state index in [-0.39, 0.29) is 10.6 Å². The molecule has 22 heavy (non-hydrogen) atoms. The summed E-state index contributed by atoms with van der Waals surface area (Å²) in [5, 5.41) is 13.3. The second-order valence-corrected chi connectivity index (χ2v) is 7.56. The number of hydrogen-bond acceptors (Lipinski definition) is 4. The van der Waals surface area contributed by atoms with Gasteiger partial charge in [0.05, 0.1) is 6.20 Å². The van der Waals surface area contributed by atoms with Crippen LogP contribution in [0.15, 0.2) is 41.6 Å². The van der Waals surface area contributed by atoms with Gasteiger partial charge in [0.1, 0.15) is 10.6 Å². The van der Waals surface area contributed by atoms with Crippen LogP contribution in [0.2, 0.25) is 0 Å². The Hall–Kier alpha value is -1.86. The zero-order chi connectivity index (χ0) is 15.7. The SMILES string of the molecule is Cn1cc(S(=O)(=O)N2CCC(c3ccc(O)cc3)CC2)cn1. The Bertz CT molecular complexity index is 745. The molecule has 118 valence electrons. The van der Waals surface area contributed by atoms with Crippen LogP contribution in [-0.4, -0.2) is 40.7 Å². The summed E-state index contributed by atoms with van der Waals surface area (Å²) in [4.78, 5) is 0.248. The van der Waals surface area contributed by atoms with Crippen molar-refractivity contribution in [2.24, 2.45) is 7.05 Å². The molecule has 1 fully saturated rings. The molecule has 0 bridgehead atoms. The van der Waals surface area contributed by atoms with E-state index in [9.17, 15) is 13.5 Å². The molecular weight excluding hydrogens is 302 g/mol. The maximum atomic E-state index is 12.5. The zero-order valence-electron chi connectivity index (χ0n) is 12.4. The summed E-state index contributed by atoms with van der Waals surface area (Å²) in [6, 6.07) is 7.17. The maximum Gasteiger partial charge on any atom is 0.246 e. The van der Waals surface area contributed by atoms with Crippen LogP contribution < -0.4 is 0 Å². The summed E-state index contributed by atoms with van der Waals surface area (Å²) < 4.78 is 28.1. The Kier molecular flexibility index (Phi) is 3.92. The standard InChI is InChI=1S/C15H19N3O3S/c1-17-11-15(10-16-17)22(20,21)18-8-6-13(7-9-18)12-2-4-14(19)5-3-12/h2-5,10-11,13,19H,6-9H2,1H3. The van der Waals surface area contributed by atoms with Gasteiger partial charge in [-0.05, 0) is 36.5 Å². The van der Waals surface area contributed by atoms with Crippen molar-refractivity contribution in [2.45, 2.75) is 23.7 Å². The van der Waals surface area contributed by atoms with Crippen LogP contribution in [0.4, 0.5) is 0 Å². The Morgan fingerprint density at radius 3 is 2.36 bits per heavy atom. The van der Waals surface area contributed by atoms with E-state index in [1.165, 1.54) is 21.4 Å². The van der Waals surface area contributed by atoms with Gasteiger partial charge in [-0.1, -0.05) is 12.1 Å². The molecule has 3 rings (SSSR count). The number of aromatic nitrogens is 2. The van der Waals surface area contributed by atoms with E-state index in [1.54, 1.807) is 19.2 Å². The van der Waals surface area contributed by atoms with Crippen LogP contribution in [0.1, 0.15) is 24.3 Å². The molecule has 1 saturated heterocycles. The van der Waals surface area contributed by atoms with Crippen molar-refractivity contribution in [3.63, 3.8) is 0 Å². The molecule has 2 aromatic rings. The molecule has 1 aromatic carbocycles. The van der Waals surface area contributed by atoms with Crippen LogP contribution >= 0.6 is 0 Å². The topological polar surface area (TPSA) is 75.4 Å². The van der Waals surface area contributed by atoms with Crippen molar-refractivity contribution in [1.82, 2.24) is 14.1 Å². The molecule has 0 saturated carbocycles. The van der Waals surface area contributed by atoms with E-state index in [4.69, 9.17) is 0 Å². The summed E-state index contributed by atoms with van der Waals surface area (Å²) >= 11 is 0. The molecule has 1 N–H and O–H groups in total. The number of phenols is 1. The van der Waals surface area contributed by atoms with E-state index >= 15 is 0 Å². The number of sulfonamides is 1. The fourth-order valence-corrected chi connectivity index (χ4v) is 4.31. The molecular formula is C15H19N3O3S. The molecule has 0 amide bonds. The predicted molar refractivity (Wildman–Crippen MR) is 82.0 cm³/mol. The molecule has 0 spiro atoms. The minimum atomic E-state index is -3.44. The minimum Gasteiger partial charge on any atom is -0.508 e. The van der Waals surface area contributed by atoms with Gasteiger partial charge in [0.25, 0.3) is 0 Å². The van der Waals surface area contributed by atoms with Crippen molar-refractivity contribution in [3.8, 4) is 5.75 Å². The minimum absolute atomic E-state index is 0.248. The van der Waals surface area contributed by atoms with Crippen molar-refractivity contribution in [1.29, 1.82) is 0 Å². The molecule has 0 atom stereocenters. The van der Waals surface area contributed by atoms with Gasteiger partial charge in [-0.15, -0.1) is 0 Å². The number of aromatic hydroxyl groups is 1. The van der Waals surface area contributed by atoms with E-state index in [0.717, 1.165) is 18.4 Å². The first-order valence-electron chi connectivity index (χ1n) is 7.24. The van der Waals surface area contributed by atoms with Gasteiger partial charge >= 0.3 is 0 Å². The smallest absolute Gasteiger partial charge is 0.246 e. The van der Waals surface area contributed by atoms with Crippen molar-refractivity contribution < 1.29 is 13.5 Å². The Morgan fingerprint density at radius 2 is 1.82 bits per heavy atom. The van der Waals surface area contributed by atoms with Gasteiger partial charge in [0.2, 0.25) is 10.0 Å². The van der Waals surface area contributed by atoms with Gasteiger partial charge in [0.15, 0.2) is 0 Å². The van der Waals surface area contributed by atoms with Crippen LogP contribution in [0.3, 0.4) is 0 Å². The van der Waals surface area contributed by atoms with Crippen LogP contribution in [0.25, 0.3) is 0 Å². The molecule has 7 heteroatoms. The average Bonchev–Trinajstić information content (AvgIpc) is 2.96. The van der Waals surface area contributed by atoms with Crippen molar-refractivity contribution >= 4 is 10.0 Å². The third kappa shape index (κ3) is 2.86. The monoisotopic (exact) mass is 321 g/mol. The number of nitrogens with zero attached hydrogens (tertiary/aromatic N) is 3. The van der Waals surface area contributed by atoms with E-state index in [0.29, 0.717) is 19.0 Å². The highest BCUT2D eigenvalue weighted by Crippen LogP contribution is 2.31. The van der Waals surface area contributed by atoms with E-state index in [2.05, 4.69) is 5.10 Å². The molecule has 0 unspecified atom stereocenters. The fourth-order valence-electron chi connectivity index (χ4n) is 2.86. The Labute approximate surface area is 130 Å². The first kappa shape index (κ1) is 15.1. The van der Waals surface area contributed by atoms with Gasteiger partial charge in [0, 0.05) is 26.3 Å². The highest BCUT2D eigenvalue weighted by molar-refractivity contribution is 7.89. The lowest BCUT2D eigenvalue weighted by molar-refractivity contribution is 0.319. The summed E-state index contributed by atoms with van der Waals surface area (Å²) in [5.41, 5.74) is 1.15. The molecule has 0 radical (unpaired) electrons. The van der Waals surface area contributed by atoms with Gasteiger partial charge in [-0.3, -0.25) is 4.68 Å². The van der Waals surface area contributed by atoms with E-state index in [1.807, 2.05) is 12.1 Å². The average molecular weight is 321 g/mol. The number of benzene rings is 1. The third-order valence-electron chi connectivity index (χ3n) is 4.14. The number of rotatable bonds is 3. The number of piperidine rings is 1. The number of hydrogen-bond donors (Lipinski definition) is 1. The molecule has 6 nitrogen and oxygen atoms in total. The largest absolute Gasteiger partial charge is 0.508 e. The normalized spacial score (nSPS) is 17.7. The predicted octanol–water partition coefficient (Wildman–Crippen LogP) is 1.69. The van der Waals surface area contributed by atoms with Crippen molar-refractivity contribution in [2.75, 3.05) is 13.1 Å². The van der Waals surface area contributed by atoms with Gasteiger partial charge in [-0.2, -0.15) is 9.40 Å². The van der Waals surface area contributed by atoms with Crippen LogP contribution in [-0.2, 0) is 17.1 Å². The zero-order valence-corrected chi connectivity index (χ0v) is 13.2. The van der Waals surface area contributed by atoms with Gasteiger partial charge in [-0.25, -0.2) is 8.42 Å². The molecule has 1 aliphatic heterocycles. The first-order chi connectivity index (χ1) is 10.5. The van der Waals surface area contributed by atoms with E-state index < -0.39 is 10.0 Å². The Morgan fingerprint density at radius 1 is 1.18 bits per heavy atom. The fraction of sp³-hybridized carbons (Fsp3) is 0.400. The second kappa shape index (κ2) is 5.73. The van der Waals surface area contributed by atoms with Crippen LogP contribution in [0, 0.1) is 0 Å². The maximum absolute atomic E-state index is 12.5. The third-order valence-corrected chi connectivity index (χ3v) is 5.99. The quantitative estimate of drug-likeness (QED) is 0.933. The molecule has 1 aliphatic rings. The highest BCUT2D eigenvalue weighted by Gasteiger charge is 2.30. The summed E-state index contributed by atoms with van der Waals surface area (Å²) in [6.07, 6.45) is 4.48. The molecule has 1 aromatic heterocycles. The number of aryl methyl sites for hydroxylation is 1. The summed E-state index contributed by atoms with van der Waals surface area (Å²) in [6.45, 7) is 1.01. The lowest BCUT2D eigenvalue weighted by atomic mass is 9.90.